The molecule has 1 N–H and O–H groups in total. The maximum Gasteiger partial charge on any atom is 0.244 e. The summed E-state index contributed by atoms with van der Waals surface area (Å²) in [7, 11) is -3.86. The van der Waals surface area contributed by atoms with Crippen LogP contribution in [0.25, 0.3) is 0 Å². The lowest BCUT2D eigenvalue weighted by Gasteiger charge is -2.31. The number of benzene rings is 3. The fraction of sp³-hybridized carbons (Fsp3) is 0.286. The summed E-state index contributed by atoms with van der Waals surface area (Å²) in [5, 5.41) is 3.54. The molecule has 0 aliphatic heterocycles. The quantitative estimate of drug-likeness (QED) is 0.300. The van der Waals surface area contributed by atoms with Gasteiger partial charge < -0.3 is 15.0 Å². The molecular weight excluding hydrogens is 561 g/mol. The van der Waals surface area contributed by atoms with Gasteiger partial charge in [0.1, 0.15) is 24.1 Å². The highest BCUT2D eigenvalue weighted by atomic mass is 35.5. The minimum absolute atomic E-state index is 0.0169. The molecule has 39 heavy (non-hydrogen) atoms. The van der Waals surface area contributed by atoms with E-state index < -0.39 is 28.5 Å². The van der Waals surface area contributed by atoms with Crippen molar-refractivity contribution < 1.29 is 22.7 Å². The summed E-state index contributed by atoms with van der Waals surface area (Å²) < 4.78 is 32.3. The van der Waals surface area contributed by atoms with Crippen LogP contribution in [0.2, 0.25) is 10.0 Å². The first kappa shape index (κ1) is 30.3. The van der Waals surface area contributed by atoms with Gasteiger partial charge in [-0.15, -0.1) is 0 Å². The van der Waals surface area contributed by atoms with Crippen LogP contribution in [0.5, 0.6) is 11.5 Å². The van der Waals surface area contributed by atoms with Crippen LogP contribution < -0.4 is 14.4 Å². The second-order valence-corrected chi connectivity index (χ2v) is 11.7. The lowest BCUT2D eigenvalue weighted by Crippen LogP contribution is -2.51. The average molecular weight is 593 g/mol. The average Bonchev–Trinajstić information content (AvgIpc) is 2.90. The Labute approximate surface area is 239 Å². The van der Waals surface area contributed by atoms with E-state index in [0.29, 0.717) is 33.7 Å². The standard InChI is InChI=1S/C28H31Cl2N3O5S/c1-4-16-31-28(35)20(2)32(18-21-10-11-22(29)17-26(21)30)27(34)19-33(39(3,36)37)23-12-14-25(15-13-23)38-24-8-6-5-7-9-24/h5-15,17,20H,4,16,18-19H2,1-3H3,(H,31,35)/t20-/m0/s1. The highest BCUT2D eigenvalue weighted by molar-refractivity contribution is 7.92. The summed E-state index contributed by atoms with van der Waals surface area (Å²) >= 11 is 12.4. The zero-order valence-electron chi connectivity index (χ0n) is 21.9. The number of sulfonamides is 1. The van der Waals surface area contributed by atoms with Gasteiger partial charge in [0.25, 0.3) is 0 Å². The number of carbonyl (C=O) groups excluding carboxylic acids is 2. The van der Waals surface area contributed by atoms with E-state index in [1.807, 2.05) is 25.1 Å². The molecule has 11 heteroatoms. The number of hydrogen-bond acceptors (Lipinski definition) is 5. The largest absolute Gasteiger partial charge is 0.457 e. The van der Waals surface area contributed by atoms with Crippen LogP contribution in [0.1, 0.15) is 25.8 Å². The van der Waals surface area contributed by atoms with Gasteiger partial charge in [-0.3, -0.25) is 13.9 Å². The Bertz CT molecular complexity index is 1390. The zero-order valence-corrected chi connectivity index (χ0v) is 24.3. The van der Waals surface area contributed by atoms with Crippen molar-refractivity contribution in [2.24, 2.45) is 0 Å². The molecule has 0 fully saturated rings. The van der Waals surface area contributed by atoms with Crippen LogP contribution in [0.15, 0.2) is 72.8 Å². The third-order valence-corrected chi connectivity index (χ3v) is 7.58. The Kier molecular flexibility index (Phi) is 10.6. The van der Waals surface area contributed by atoms with E-state index in [1.165, 1.54) is 4.90 Å². The van der Waals surface area contributed by atoms with E-state index in [1.54, 1.807) is 61.5 Å². The molecule has 0 saturated carbocycles. The number of ether oxygens (including phenoxy) is 1. The maximum absolute atomic E-state index is 13.6. The SMILES string of the molecule is CCCNC(=O)[C@H](C)N(Cc1ccc(Cl)cc1Cl)C(=O)CN(c1ccc(Oc2ccccc2)cc1)S(C)(=O)=O. The maximum atomic E-state index is 13.6. The van der Waals surface area contributed by atoms with E-state index in [2.05, 4.69) is 5.32 Å². The summed E-state index contributed by atoms with van der Waals surface area (Å²) in [5.41, 5.74) is 0.844. The molecule has 2 amide bonds. The minimum Gasteiger partial charge on any atom is -0.457 e. The van der Waals surface area contributed by atoms with Gasteiger partial charge in [-0.05, 0) is 67.4 Å². The first-order valence-electron chi connectivity index (χ1n) is 12.3. The fourth-order valence-corrected chi connectivity index (χ4v) is 5.05. The summed E-state index contributed by atoms with van der Waals surface area (Å²) in [6.45, 7) is 3.42. The normalized spacial score (nSPS) is 11.9. The number of halogens is 2. The second kappa shape index (κ2) is 13.7. The second-order valence-electron chi connectivity index (χ2n) is 8.90. The van der Waals surface area contributed by atoms with E-state index in [4.69, 9.17) is 27.9 Å². The van der Waals surface area contributed by atoms with Gasteiger partial charge in [0.15, 0.2) is 0 Å². The minimum atomic E-state index is -3.86. The Hall–Kier alpha value is -3.27. The number of amides is 2. The number of hydrogen-bond donors (Lipinski definition) is 1. The summed E-state index contributed by atoms with van der Waals surface area (Å²) in [4.78, 5) is 27.8. The van der Waals surface area contributed by atoms with Crippen LogP contribution in [-0.4, -0.2) is 50.5 Å². The predicted molar refractivity (Wildman–Crippen MR) is 155 cm³/mol. The zero-order chi connectivity index (χ0) is 28.6. The highest BCUT2D eigenvalue weighted by Gasteiger charge is 2.30. The fourth-order valence-electron chi connectivity index (χ4n) is 3.73. The molecule has 0 saturated heterocycles. The Morgan fingerprint density at radius 2 is 1.62 bits per heavy atom. The van der Waals surface area contributed by atoms with Gasteiger partial charge in [-0.25, -0.2) is 8.42 Å². The summed E-state index contributed by atoms with van der Waals surface area (Å²) in [6.07, 6.45) is 1.74. The molecule has 3 rings (SSSR count). The first-order valence-corrected chi connectivity index (χ1v) is 14.9. The van der Waals surface area contributed by atoms with E-state index in [-0.39, 0.29) is 18.1 Å². The molecule has 3 aromatic rings. The predicted octanol–water partition coefficient (Wildman–Crippen LogP) is 5.50. The van der Waals surface area contributed by atoms with Crippen LogP contribution in [0.3, 0.4) is 0 Å². The number of rotatable bonds is 12. The van der Waals surface area contributed by atoms with Gasteiger partial charge in [0, 0.05) is 23.1 Å². The van der Waals surface area contributed by atoms with Gasteiger partial charge in [-0.2, -0.15) is 0 Å². The van der Waals surface area contributed by atoms with Crippen LogP contribution >= 0.6 is 23.2 Å². The number of para-hydroxylation sites is 1. The van der Waals surface area contributed by atoms with Gasteiger partial charge in [0.05, 0.1) is 11.9 Å². The molecule has 8 nitrogen and oxygen atoms in total. The topological polar surface area (TPSA) is 96.0 Å². The van der Waals surface area contributed by atoms with Crippen LogP contribution in [-0.2, 0) is 26.2 Å². The number of nitrogens with zero attached hydrogens (tertiary/aromatic N) is 2. The van der Waals surface area contributed by atoms with Crippen molar-refractivity contribution in [2.45, 2.75) is 32.9 Å². The lowest BCUT2D eigenvalue weighted by molar-refractivity contribution is -0.139. The Morgan fingerprint density at radius 3 is 2.21 bits per heavy atom. The van der Waals surface area contributed by atoms with Crippen molar-refractivity contribution in [2.75, 3.05) is 23.7 Å². The summed E-state index contributed by atoms with van der Waals surface area (Å²) in [6, 6.07) is 19.5. The highest BCUT2D eigenvalue weighted by Crippen LogP contribution is 2.27. The number of carbonyl (C=O) groups is 2. The van der Waals surface area contributed by atoms with Crippen molar-refractivity contribution in [3.8, 4) is 11.5 Å². The van der Waals surface area contributed by atoms with Crippen molar-refractivity contribution >= 4 is 50.7 Å². The van der Waals surface area contributed by atoms with E-state index in [9.17, 15) is 18.0 Å². The van der Waals surface area contributed by atoms with Gasteiger partial charge >= 0.3 is 0 Å². The Morgan fingerprint density at radius 1 is 0.974 bits per heavy atom. The molecule has 1 atom stereocenters. The third-order valence-electron chi connectivity index (χ3n) is 5.86. The van der Waals surface area contributed by atoms with Gasteiger partial charge in [-0.1, -0.05) is 54.4 Å². The van der Waals surface area contributed by atoms with E-state index in [0.717, 1.165) is 17.0 Å². The molecule has 0 heterocycles. The molecule has 0 radical (unpaired) electrons. The summed E-state index contributed by atoms with van der Waals surface area (Å²) in [5.74, 6) is 0.205. The van der Waals surface area contributed by atoms with Crippen LogP contribution in [0, 0.1) is 0 Å². The molecule has 0 aliphatic carbocycles. The smallest absolute Gasteiger partial charge is 0.244 e. The van der Waals surface area contributed by atoms with Gasteiger partial charge in [0.2, 0.25) is 21.8 Å². The molecular formula is C28H31Cl2N3O5S. The van der Waals surface area contributed by atoms with E-state index >= 15 is 0 Å². The molecule has 3 aromatic carbocycles. The van der Waals surface area contributed by atoms with Crippen LogP contribution in [0.4, 0.5) is 5.69 Å². The molecule has 0 spiro atoms. The van der Waals surface area contributed by atoms with Crippen molar-refractivity contribution in [1.82, 2.24) is 10.2 Å². The molecule has 0 aliphatic rings. The molecule has 0 bridgehead atoms. The lowest BCUT2D eigenvalue weighted by atomic mass is 10.1. The number of nitrogens with one attached hydrogen (secondary N) is 1. The molecule has 0 unspecified atom stereocenters. The Balaban J connectivity index is 1.87. The van der Waals surface area contributed by atoms with Crippen molar-refractivity contribution in [1.29, 1.82) is 0 Å². The third kappa shape index (κ3) is 8.61. The van der Waals surface area contributed by atoms with Crippen molar-refractivity contribution in [3.05, 3.63) is 88.4 Å². The first-order chi connectivity index (χ1) is 18.5. The van der Waals surface area contributed by atoms with Crippen molar-refractivity contribution in [3.63, 3.8) is 0 Å². The number of anilines is 1. The molecule has 0 aromatic heterocycles. The monoisotopic (exact) mass is 591 g/mol. The molecule has 208 valence electrons.